The number of methoxy groups -OCH3 is 2. The Labute approximate surface area is 208 Å². The van der Waals surface area contributed by atoms with Gasteiger partial charge in [-0.3, -0.25) is 0 Å². The van der Waals surface area contributed by atoms with Gasteiger partial charge in [0.1, 0.15) is 11.9 Å². The summed E-state index contributed by atoms with van der Waals surface area (Å²) < 4.78 is 25.8. The highest BCUT2D eigenvalue weighted by Crippen LogP contribution is 2.40. The molecule has 3 aliphatic rings. The number of piperidine rings is 1. The molecule has 0 amide bonds. The second-order valence-electron chi connectivity index (χ2n) is 9.74. The number of fused-ring (bicyclic) bond motifs is 2. The monoisotopic (exact) mass is 492 g/mol. The van der Waals surface area contributed by atoms with E-state index in [1.807, 2.05) is 6.07 Å². The summed E-state index contributed by atoms with van der Waals surface area (Å²) in [6.07, 6.45) is 7.11. The van der Waals surface area contributed by atoms with Crippen molar-refractivity contribution in [2.45, 2.75) is 62.4 Å². The molecule has 2 aliphatic heterocycles. The Morgan fingerprint density at radius 1 is 1.00 bits per heavy atom. The average Bonchev–Trinajstić information content (AvgIpc) is 3.66. The lowest BCUT2D eigenvalue weighted by Crippen LogP contribution is -2.57. The predicted octanol–water partition coefficient (Wildman–Crippen LogP) is 3.52. The van der Waals surface area contributed by atoms with Crippen LogP contribution in [0.2, 0.25) is 0 Å². The van der Waals surface area contributed by atoms with Gasteiger partial charge < -0.3 is 24.8 Å². The third-order valence-electron chi connectivity index (χ3n) is 7.47. The van der Waals surface area contributed by atoms with E-state index in [0.29, 0.717) is 34.9 Å². The summed E-state index contributed by atoms with van der Waals surface area (Å²) in [5, 5.41) is 22.9. The van der Waals surface area contributed by atoms with Gasteiger partial charge in [0.15, 0.2) is 17.4 Å². The highest BCUT2D eigenvalue weighted by molar-refractivity contribution is 5.73. The first-order valence-electron chi connectivity index (χ1n) is 12.4. The van der Waals surface area contributed by atoms with Crippen molar-refractivity contribution in [3.05, 3.63) is 36.7 Å². The summed E-state index contributed by atoms with van der Waals surface area (Å²) in [7, 11) is 3.08. The van der Waals surface area contributed by atoms with Crippen molar-refractivity contribution in [1.29, 1.82) is 0 Å². The fourth-order valence-electron chi connectivity index (χ4n) is 5.52. The van der Waals surface area contributed by atoms with Gasteiger partial charge in [-0.1, -0.05) is 6.07 Å². The SMILES string of the molecule is COc1cc(-c2ccc(-c3ncc(N(C4CC4)[C@H]4C[C@@H]5CC[C@@H](N5)[C@H]4F)nn3)c(O)c2)cnc1OC. The maximum absolute atomic E-state index is 15.3. The number of aromatic hydroxyl groups is 1. The Balaban J connectivity index is 1.25. The van der Waals surface area contributed by atoms with Crippen LogP contribution in [0.25, 0.3) is 22.5 Å². The van der Waals surface area contributed by atoms with Gasteiger partial charge >= 0.3 is 0 Å². The van der Waals surface area contributed by atoms with Crippen LogP contribution in [-0.4, -0.2) is 69.8 Å². The number of hydrogen-bond donors (Lipinski definition) is 2. The molecule has 4 atom stereocenters. The van der Waals surface area contributed by atoms with Crippen LogP contribution in [0.4, 0.5) is 10.2 Å². The summed E-state index contributed by atoms with van der Waals surface area (Å²) in [6, 6.07) is 7.39. The molecule has 0 spiro atoms. The number of benzene rings is 1. The van der Waals surface area contributed by atoms with Crippen LogP contribution < -0.4 is 19.7 Å². The molecular formula is C26H29FN6O3. The lowest BCUT2D eigenvalue weighted by molar-refractivity contribution is 0.171. The second-order valence-corrected chi connectivity index (χ2v) is 9.74. The van der Waals surface area contributed by atoms with Gasteiger partial charge in [0, 0.05) is 29.9 Å². The number of hydrogen-bond acceptors (Lipinski definition) is 9. The molecule has 2 bridgehead atoms. The Morgan fingerprint density at radius 2 is 1.86 bits per heavy atom. The number of aromatic nitrogens is 4. The minimum Gasteiger partial charge on any atom is -0.507 e. The van der Waals surface area contributed by atoms with Crippen LogP contribution in [0.1, 0.15) is 32.1 Å². The predicted molar refractivity (Wildman–Crippen MR) is 132 cm³/mol. The van der Waals surface area contributed by atoms with E-state index in [0.717, 1.165) is 43.2 Å². The zero-order chi connectivity index (χ0) is 24.8. The molecule has 0 unspecified atom stereocenters. The van der Waals surface area contributed by atoms with E-state index >= 15 is 4.39 Å². The summed E-state index contributed by atoms with van der Waals surface area (Å²) in [5.74, 6) is 1.82. The molecule has 0 radical (unpaired) electrons. The van der Waals surface area contributed by atoms with Gasteiger partial charge in [-0.25, -0.2) is 14.4 Å². The van der Waals surface area contributed by atoms with Crippen molar-refractivity contribution in [2.75, 3.05) is 19.1 Å². The molecule has 6 rings (SSSR count). The van der Waals surface area contributed by atoms with Crippen LogP contribution in [0.15, 0.2) is 36.7 Å². The van der Waals surface area contributed by atoms with E-state index in [9.17, 15) is 5.11 Å². The smallest absolute Gasteiger partial charge is 0.256 e. The number of nitrogens with zero attached hydrogens (tertiary/aromatic N) is 5. The minimum atomic E-state index is -0.937. The maximum Gasteiger partial charge on any atom is 0.256 e. The number of anilines is 1. The Kier molecular flexibility index (Phi) is 5.83. The maximum atomic E-state index is 15.3. The Hall–Kier alpha value is -3.53. The molecule has 3 aromatic rings. The Morgan fingerprint density at radius 3 is 2.56 bits per heavy atom. The molecule has 188 valence electrons. The summed E-state index contributed by atoms with van der Waals surface area (Å²) in [5.41, 5.74) is 1.98. The van der Waals surface area contributed by atoms with Crippen molar-refractivity contribution >= 4 is 5.82 Å². The van der Waals surface area contributed by atoms with Crippen LogP contribution in [0.3, 0.4) is 0 Å². The lowest BCUT2D eigenvalue weighted by atomic mass is 9.96. The van der Waals surface area contributed by atoms with Crippen molar-refractivity contribution in [3.63, 3.8) is 0 Å². The largest absolute Gasteiger partial charge is 0.507 e. The van der Waals surface area contributed by atoms with Crippen LogP contribution >= 0.6 is 0 Å². The fraction of sp³-hybridized carbons (Fsp3) is 0.462. The highest BCUT2D eigenvalue weighted by Gasteiger charge is 2.48. The fourth-order valence-corrected chi connectivity index (χ4v) is 5.52. The quantitative estimate of drug-likeness (QED) is 0.512. The first-order chi connectivity index (χ1) is 17.6. The van der Waals surface area contributed by atoms with E-state index in [1.54, 1.807) is 37.7 Å². The molecule has 3 fully saturated rings. The standard InChI is InChI=1S/C26H29FN6O3/c1-35-22-10-15(12-29-26(22)36-2)14-3-7-18(21(34)9-14)25-28-13-23(31-32-25)33(17-5-6-17)20-11-16-4-8-19(30-16)24(20)27/h3,7,9-10,12-13,16-17,19-20,24,30,34H,4-6,8,11H2,1-2H3/t16-,19+,20-,24+/m0/s1. The normalized spacial score (nSPS) is 25.0. The van der Waals surface area contributed by atoms with Gasteiger partial charge in [0.2, 0.25) is 0 Å². The van der Waals surface area contributed by atoms with E-state index in [2.05, 4.69) is 30.4 Å². The van der Waals surface area contributed by atoms with E-state index < -0.39 is 6.17 Å². The number of ether oxygens (including phenoxy) is 2. The zero-order valence-electron chi connectivity index (χ0n) is 20.3. The molecule has 10 heteroatoms. The number of phenolic OH excluding ortho intramolecular Hbond substituents is 1. The van der Waals surface area contributed by atoms with Gasteiger partial charge in [-0.2, -0.15) is 0 Å². The molecular weight excluding hydrogens is 463 g/mol. The number of halogens is 1. The molecule has 2 aromatic heterocycles. The molecule has 1 aliphatic carbocycles. The van der Waals surface area contributed by atoms with Crippen molar-refractivity contribution in [2.24, 2.45) is 0 Å². The van der Waals surface area contributed by atoms with Gasteiger partial charge in [0.05, 0.1) is 32.0 Å². The van der Waals surface area contributed by atoms with Crippen molar-refractivity contribution < 1.29 is 19.0 Å². The molecule has 2 saturated heterocycles. The van der Waals surface area contributed by atoms with E-state index in [1.165, 1.54) is 7.11 Å². The number of alkyl halides is 1. The number of phenols is 1. The molecule has 2 N–H and O–H groups in total. The van der Waals surface area contributed by atoms with Crippen LogP contribution in [-0.2, 0) is 0 Å². The molecule has 4 heterocycles. The second kappa shape index (κ2) is 9.16. The molecule has 1 aromatic carbocycles. The molecule has 1 saturated carbocycles. The van der Waals surface area contributed by atoms with Crippen LogP contribution in [0, 0.1) is 0 Å². The summed E-state index contributed by atoms with van der Waals surface area (Å²) in [6.45, 7) is 0. The third-order valence-corrected chi connectivity index (χ3v) is 7.47. The summed E-state index contributed by atoms with van der Waals surface area (Å²) >= 11 is 0. The number of nitrogens with one attached hydrogen (secondary N) is 1. The van der Waals surface area contributed by atoms with E-state index in [-0.39, 0.29) is 23.9 Å². The minimum absolute atomic E-state index is 0.0228. The molecule has 9 nitrogen and oxygen atoms in total. The van der Waals surface area contributed by atoms with Crippen molar-refractivity contribution in [1.82, 2.24) is 25.5 Å². The van der Waals surface area contributed by atoms with E-state index in [4.69, 9.17) is 9.47 Å². The number of rotatable bonds is 7. The number of pyridine rings is 1. The Bertz CT molecular complexity index is 1250. The zero-order valence-corrected chi connectivity index (χ0v) is 20.3. The topological polar surface area (TPSA) is 106 Å². The van der Waals surface area contributed by atoms with Gasteiger partial charge in [0.25, 0.3) is 5.88 Å². The third kappa shape index (κ3) is 4.09. The van der Waals surface area contributed by atoms with Gasteiger partial charge in [-0.15, -0.1) is 10.2 Å². The first kappa shape index (κ1) is 22.9. The first-order valence-corrected chi connectivity index (χ1v) is 12.4. The highest BCUT2D eigenvalue weighted by atomic mass is 19.1. The van der Waals surface area contributed by atoms with Gasteiger partial charge in [-0.05, 0) is 55.9 Å². The molecule has 36 heavy (non-hydrogen) atoms. The van der Waals surface area contributed by atoms with Crippen LogP contribution in [0.5, 0.6) is 17.4 Å². The average molecular weight is 493 g/mol. The lowest BCUT2D eigenvalue weighted by Gasteiger charge is -2.40. The van der Waals surface area contributed by atoms with Crippen molar-refractivity contribution in [3.8, 4) is 39.9 Å². The summed E-state index contributed by atoms with van der Waals surface area (Å²) in [4.78, 5) is 10.9.